The fourth-order valence-electron chi connectivity index (χ4n) is 4.21. The Morgan fingerprint density at radius 3 is 2.63 bits per heavy atom. The number of nitrogens with zero attached hydrogens (tertiary/aromatic N) is 3. The predicted octanol–water partition coefficient (Wildman–Crippen LogP) is 4.18. The number of rotatable bonds is 3. The van der Waals surface area contributed by atoms with Gasteiger partial charge in [-0.25, -0.2) is 4.98 Å². The zero-order valence-corrected chi connectivity index (χ0v) is 15.3. The van der Waals surface area contributed by atoms with Crippen molar-refractivity contribution < 1.29 is 4.79 Å². The average Bonchev–Trinajstić information content (AvgIpc) is 3.22. The van der Waals surface area contributed by atoms with Crippen LogP contribution in [-0.2, 0) is 11.3 Å². The summed E-state index contributed by atoms with van der Waals surface area (Å²) in [5.41, 5.74) is 3.40. The number of likely N-dealkylation sites (tertiary alicyclic amines) is 1. The van der Waals surface area contributed by atoms with Gasteiger partial charge in [-0.15, -0.1) is 0 Å². The SMILES string of the molecule is CN1CC(c2nc3ccccc3n2Cc2cccc3ccccc23)CC1=O. The minimum absolute atomic E-state index is 0.143. The molecule has 1 fully saturated rings. The summed E-state index contributed by atoms with van der Waals surface area (Å²) in [6, 6.07) is 23.2. The topological polar surface area (TPSA) is 38.1 Å². The van der Waals surface area contributed by atoms with Gasteiger partial charge in [-0.3, -0.25) is 4.79 Å². The number of amides is 1. The number of carbonyl (C=O) groups excluding carboxylic acids is 1. The molecule has 4 aromatic rings. The zero-order chi connectivity index (χ0) is 18.4. The van der Waals surface area contributed by atoms with Gasteiger partial charge in [0.05, 0.1) is 11.0 Å². The average molecular weight is 355 g/mol. The molecule has 1 amide bonds. The van der Waals surface area contributed by atoms with Gasteiger partial charge in [0.1, 0.15) is 5.82 Å². The van der Waals surface area contributed by atoms with Crippen molar-refractivity contribution in [2.45, 2.75) is 18.9 Å². The Morgan fingerprint density at radius 1 is 1.00 bits per heavy atom. The summed E-state index contributed by atoms with van der Waals surface area (Å²) in [6.07, 6.45) is 0.537. The van der Waals surface area contributed by atoms with E-state index >= 15 is 0 Å². The first-order chi connectivity index (χ1) is 13.2. The van der Waals surface area contributed by atoms with E-state index in [9.17, 15) is 4.79 Å². The maximum absolute atomic E-state index is 12.1. The lowest BCUT2D eigenvalue weighted by molar-refractivity contribution is -0.126. The molecule has 5 rings (SSSR count). The van der Waals surface area contributed by atoms with E-state index in [1.54, 1.807) is 0 Å². The van der Waals surface area contributed by atoms with Crippen molar-refractivity contribution in [3.8, 4) is 0 Å². The number of hydrogen-bond acceptors (Lipinski definition) is 2. The molecule has 0 spiro atoms. The van der Waals surface area contributed by atoms with E-state index in [1.165, 1.54) is 16.3 Å². The minimum atomic E-state index is 0.143. The molecule has 4 heteroatoms. The van der Waals surface area contributed by atoms with Crippen molar-refractivity contribution in [1.29, 1.82) is 0 Å². The standard InChI is InChI=1S/C23H21N3O/c1-25-14-18(13-22(25)27)23-24-20-11-4-5-12-21(20)26(23)15-17-9-6-8-16-7-2-3-10-19(16)17/h2-12,18H,13-15H2,1H3. The molecule has 3 aromatic carbocycles. The van der Waals surface area contributed by atoms with Crippen molar-refractivity contribution in [3.63, 3.8) is 0 Å². The molecule has 0 aliphatic carbocycles. The van der Waals surface area contributed by atoms with E-state index in [2.05, 4.69) is 65.2 Å². The van der Waals surface area contributed by atoms with Gasteiger partial charge in [-0.1, -0.05) is 54.6 Å². The highest BCUT2D eigenvalue weighted by atomic mass is 16.2. The number of benzene rings is 3. The summed E-state index contributed by atoms with van der Waals surface area (Å²) < 4.78 is 2.30. The molecule has 1 aliphatic heterocycles. The molecule has 1 aromatic heterocycles. The van der Waals surface area contributed by atoms with Crippen LogP contribution < -0.4 is 0 Å². The Hall–Kier alpha value is -3.14. The normalized spacial score (nSPS) is 17.3. The van der Waals surface area contributed by atoms with Crippen LogP contribution in [0.4, 0.5) is 0 Å². The number of hydrogen-bond donors (Lipinski definition) is 0. The number of likely N-dealkylation sites (N-methyl/N-ethyl adjacent to an activating group) is 1. The number of imidazole rings is 1. The van der Waals surface area contributed by atoms with E-state index < -0.39 is 0 Å². The first-order valence-corrected chi connectivity index (χ1v) is 9.36. The number of fused-ring (bicyclic) bond motifs is 2. The second-order valence-electron chi connectivity index (χ2n) is 7.36. The molecule has 4 nitrogen and oxygen atoms in total. The van der Waals surface area contributed by atoms with E-state index in [1.807, 2.05) is 18.0 Å². The van der Waals surface area contributed by atoms with Gasteiger partial charge < -0.3 is 9.47 Å². The van der Waals surface area contributed by atoms with Gasteiger partial charge in [0.15, 0.2) is 0 Å². The number of aromatic nitrogens is 2. The summed E-state index contributed by atoms with van der Waals surface area (Å²) in [5, 5.41) is 2.51. The van der Waals surface area contributed by atoms with Gasteiger partial charge in [0.2, 0.25) is 5.91 Å². The van der Waals surface area contributed by atoms with E-state index in [0.717, 1.165) is 29.9 Å². The molecule has 0 radical (unpaired) electrons. The van der Waals surface area contributed by atoms with Crippen LogP contribution in [0.15, 0.2) is 66.7 Å². The minimum Gasteiger partial charge on any atom is -0.345 e. The van der Waals surface area contributed by atoms with Crippen molar-refractivity contribution in [3.05, 3.63) is 78.1 Å². The Bertz CT molecular complexity index is 1160. The van der Waals surface area contributed by atoms with Crippen LogP contribution in [-0.4, -0.2) is 34.0 Å². The van der Waals surface area contributed by atoms with Crippen LogP contribution >= 0.6 is 0 Å². The quantitative estimate of drug-likeness (QED) is 0.553. The van der Waals surface area contributed by atoms with E-state index in [0.29, 0.717) is 6.42 Å². The molecule has 0 bridgehead atoms. The fraction of sp³-hybridized carbons (Fsp3) is 0.217. The van der Waals surface area contributed by atoms with E-state index in [4.69, 9.17) is 4.98 Å². The maximum Gasteiger partial charge on any atom is 0.223 e. The van der Waals surface area contributed by atoms with Crippen LogP contribution in [0.1, 0.15) is 23.7 Å². The molecule has 0 N–H and O–H groups in total. The van der Waals surface area contributed by atoms with Gasteiger partial charge in [-0.2, -0.15) is 0 Å². The Balaban J connectivity index is 1.65. The van der Waals surface area contributed by atoms with Crippen molar-refractivity contribution in [2.75, 3.05) is 13.6 Å². The molecule has 2 heterocycles. The lowest BCUT2D eigenvalue weighted by Crippen LogP contribution is -2.19. The number of para-hydroxylation sites is 2. The Kier molecular flexibility index (Phi) is 3.71. The van der Waals surface area contributed by atoms with Crippen LogP contribution in [0, 0.1) is 0 Å². The molecule has 1 aliphatic rings. The fourth-order valence-corrected chi connectivity index (χ4v) is 4.21. The summed E-state index contributed by atoms with van der Waals surface area (Å²) in [4.78, 5) is 18.8. The van der Waals surface area contributed by atoms with Gasteiger partial charge in [0, 0.05) is 32.5 Å². The van der Waals surface area contributed by atoms with Crippen LogP contribution in [0.3, 0.4) is 0 Å². The lowest BCUT2D eigenvalue weighted by Gasteiger charge is -2.15. The molecule has 27 heavy (non-hydrogen) atoms. The van der Waals surface area contributed by atoms with Gasteiger partial charge in [0.25, 0.3) is 0 Å². The highest BCUT2D eigenvalue weighted by Gasteiger charge is 2.32. The molecule has 1 saturated heterocycles. The van der Waals surface area contributed by atoms with Crippen LogP contribution in [0.2, 0.25) is 0 Å². The summed E-state index contributed by atoms with van der Waals surface area (Å²) in [7, 11) is 1.88. The second kappa shape index (κ2) is 6.23. The van der Waals surface area contributed by atoms with Crippen molar-refractivity contribution in [1.82, 2.24) is 14.5 Å². The van der Waals surface area contributed by atoms with Crippen LogP contribution in [0.25, 0.3) is 21.8 Å². The van der Waals surface area contributed by atoms with E-state index in [-0.39, 0.29) is 11.8 Å². The maximum atomic E-state index is 12.1. The molecule has 1 atom stereocenters. The Labute approximate surface area is 158 Å². The first-order valence-electron chi connectivity index (χ1n) is 9.36. The van der Waals surface area contributed by atoms with Crippen molar-refractivity contribution in [2.24, 2.45) is 0 Å². The molecule has 134 valence electrons. The largest absolute Gasteiger partial charge is 0.345 e. The Morgan fingerprint density at radius 2 is 1.78 bits per heavy atom. The second-order valence-corrected chi connectivity index (χ2v) is 7.36. The molecular weight excluding hydrogens is 334 g/mol. The monoisotopic (exact) mass is 355 g/mol. The lowest BCUT2D eigenvalue weighted by atomic mass is 10.0. The third-order valence-corrected chi connectivity index (χ3v) is 5.60. The molecule has 0 saturated carbocycles. The third kappa shape index (κ3) is 2.69. The summed E-state index contributed by atoms with van der Waals surface area (Å²) >= 11 is 0. The molecular formula is C23H21N3O. The van der Waals surface area contributed by atoms with Gasteiger partial charge >= 0.3 is 0 Å². The third-order valence-electron chi connectivity index (χ3n) is 5.60. The molecule has 1 unspecified atom stereocenters. The highest BCUT2D eigenvalue weighted by Crippen LogP contribution is 2.31. The first kappa shape index (κ1) is 16.1. The summed E-state index contributed by atoms with van der Waals surface area (Å²) in [5.74, 6) is 1.36. The number of carbonyl (C=O) groups is 1. The van der Waals surface area contributed by atoms with Crippen LogP contribution in [0.5, 0.6) is 0 Å². The predicted molar refractivity (Wildman–Crippen MR) is 108 cm³/mol. The zero-order valence-electron chi connectivity index (χ0n) is 15.3. The van der Waals surface area contributed by atoms with Crippen molar-refractivity contribution >= 4 is 27.7 Å². The summed E-state index contributed by atoms with van der Waals surface area (Å²) in [6.45, 7) is 1.49. The van der Waals surface area contributed by atoms with Gasteiger partial charge in [-0.05, 0) is 28.5 Å². The highest BCUT2D eigenvalue weighted by molar-refractivity contribution is 5.86. The smallest absolute Gasteiger partial charge is 0.223 e.